The second-order valence-electron chi connectivity index (χ2n) is 4.32. The van der Waals surface area contributed by atoms with E-state index in [1.165, 1.54) is 13.2 Å². The lowest BCUT2D eigenvalue weighted by atomic mass is 10.00. The zero-order valence-corrected chi connectivity index (χ0v) is 12.4. The molecule has 0 aromatic heterocycles. The SMILES string of the molecule is COc1cc(F)c(Br)cc1C(Cl)C1CCCCO1. The number of ether oxygens (including phenoxy) is 2. The highest BCUT2D eigenvalue weighted by molar-refractivity contribution is 9.10. The van der Waals surface area contributed by atoms with Crippen LogP contribution in [0, 0.1) is 5.82 Å². The maximum absolute atomic E-state index is 13.5. The van der Waals surface area contributed by atoms with Gasteiger partial charge < -0.3 is 9.47 Å². The van der Waals surface area contributed by atoms with Crippen LogP contribution in [0.3, 0.4) is 0 Å². The highest BCUT2D eigenvalue weighted by atomic mass is 79.9. The quantitative estimate of drug-likeness (QED) is 0.759. The molecule has 1 heterocycles. The van der Waals surface area contributed by atoms with Crippen LogP contribution >= 0.6 is 27.5 Å². The first-order valence-corrected chi connectivity index (χ1v) is 7.15. The Hall–Kier alpha value is -0.320. The van der Waals surface area contributed by atoms with Gasteiger partial charge in [0, 0.05) is 18.2 Å². The van der Waals surface area contributed by atoms with Crippen molar-refractivity contribution in [3.63, 3.8) is 0 Å². The number of halogens is 3. The number of hydrogen-bond acceptors (Lipinski definition) is 2. The van der Waals surface area contributed by atoms with Crippen LogP contribution in [0.1, 0.15) is 30.2 Å². The molecular formula is C13H15BrClFO2. The van der Waals surface area contributed by atoms with Crippen molar-refractivity contribution in [1.29, 1.82) is 0 Å². The molecule has 1 aromatic rings. The topological polar surface area (TPSA) is 18.5 Å². The Morgan fingerprint density at radius 3 is 2.89 bits per heavy atom. The molecule has 1 aliphatic heterocycles. The molecule has 2 atom stereocenters. The van der Waals surface area contributed by atoms with Crippen molar-refractivity contribution in [2.75, 3.05) is 13.7 Å². The fraction of sp³-hybridized carbons (Fsp3) is 0.538. The van der Waals surface area contributed by atoms with Crippen molar-refractivity contribution in [2.45, 2.75) is 30.7 Å². The molecular weight excluding hydrogens is 322 g/mol. The maximum Gasteiger partial charge on any atom is 0.141 e. The van der Waals surface area contributed by atoms with Gasteiger partial charge in [0.05, 0.1) is 23.1 Å². The van der Waals surface area contributed by atoms with Gasteiger partial charge in [0.1, 0.15) is 11.6 Å². The summed E-state index contributed by atoms with van der Waals surface area (Å²) in [5, 5.41) is -0.322. The predicted molar refractivity (Wildman–Crippen MR) is 72.8 cm³/mol. The molecule has 2 unspecified atom stereocenters. The van der Waals surface area contributed by atoms with Gasteiger partial charge in [-0.1, -0.05) is 0 Å². The minimum absolute atomic E-state index is 0.0355. The third kappa shape index (κ3) is 2.98. The van der Waals surface area contributed by atoms with Crippen LogP contribution < -0.4 is 4.74 Å². The average molecular weight is 338 g/mol. The Labute approximate surface area is 120 Å². The third-order valence-electron chi connectivity index (χ3n) is 3.11. The maximum atomic E-state index is 13.5. The van der Waals surface area contributed by atoms with Gasteiger partial charge in [0.25, 0.3) is 0 Å². The lowest BCUT2D eigenvalue weighted by molar-refractivity contribution is 0.0132. The van der Waals surface area contributed by atoms with E-state index in [-0.39, 0.29) is 17.3 Å². The molecule has 0 saturated carbocycles. The van der Waals surface area contributed by atoms with Crippen molar-refractivity contribution < 1.29 is 13.9 Å². The van der Waals surface area contributed by atoms with Crippen LogP contribution in [0.2, 0.25) is 0 Å². The molecule has 1 fully saturated rings. The zero-order valence-electron chi connectivity index (χ0n) is 10.1. The summed E-state index contributed by atoms with van der Waals surface area (Å²) in [5.74, 6) is 0.105. The second-order valence-corrected chi connectivity index (χ2v) is 5.64. The molecule has 0 amide bonds. The number of methoxy groups -OCH3 is 1. The first-order valence-electron chi connectivity index (χ1n) is 5.92. The van der Waals surface area contributed by atoms with Crippen LogP contribution in [0.4, 0.5) is 4.39 Å². The van der Waals surface area contributed by atoms with Crippen molar-refractivity contribution in [2.24, 2.45) is 0 Å². The Morgan fingerprint density at radius 2 is 2.28 bits per heavy atom. The fourth-order valence-corrected chi connectivity index (χ4v) is 2.86. The van der Waals surface area contributed by atoms with Gasteiger partial charge in [0.2, 0.25) is 0 Å². The first-order chi connectivity index (χ1) is 8.63. The lowest BCUT2D eigenvalue weighted by Crippen LogP contribution is -2.24. The summed E-state index contributed by atoms with van der Waals surface area (Å²) in [6, 6.07) is 3.02. The number of rotatable bonds is 3. The molecule has 0 radical (unpaired) electrons. The summed E-state index contributed by atoms with van der Waals surface area (Å²) in [6.07, 6.45) is 3.07. The molecule has 1 aromatic carbocycles. The van der Waals surface area contributed by atoms with Gasteiger partial charge in [-0.05, 0) is 41.3 Å². The Bertz CT molecular complexity index is 422. The lowest BCUT2D eigenvalue weighted by Gasteiger charge is -2.27. The zero-order chi connectivity index (χ0) is 13.1. The van der Waals surface area contributed by atoms with E-state index in [1.807, 2.05) is 0 Å². The van der Waals surface area contributed by atoms with Crippen molar-refractivity contribution >= 4 is 27.5 Å². The minimum atomic E-state index is -0.357. The van der Waals surface area contributed by atoms with E-state index in [2.05, 4.69) is 15.9 Å². The number of hydrogen-bond donors (Lipinski definition) is 0. The van der Waals surface area contributed by atoms with Crippen LogP contribution in [0.15, 0.2) is 16.6 Å². The van der Waals surface area contributed by atoms with Gasteiger partial charge >= 0.3 is 0 Å². The van der Waals surface area contributed by atoms with Gasteiger partial charge in [-0.15, -0.1) is 11.6 Å². The second kappa shape index (κ2) is 6.22. The van der Waals surface area contributed by atoms with Gasteiger partial charge in [-0.25, -0.2) is 4.39 Å². The molecule has 5 heteroatoms. The van der Waals surface area contributed by atoms with Gasteiger partial charge in [-0.3, -0.25) is 0 Å². The van der Waals surface area contributed by atoms with Crippen molar-refractivity contribution in [1.82, 2.24) is 0 Å². The summed E-state index contributed by atoms with van der Waals surface area (Å²) in [6.45, 7) is 0.735. The molecule has 100 valence electrons. The highest BCUT2D eigenvalue weighted by Crippen LogP contribution is 2.39. The highest BCUT2D eigenvalue weighted by Gasteiger charge is 2.27. The summed E-state index contributed by atoms with van der Waals surface area (Å²) in [7, 11) is 1.51. The van der Waals surface area contributed by atoms with Gasteiger partial charge in [0.15, 0.2) is 0 Å². The summed E-state index contributed by atoms with van der Waals surface area (Å²) < 4.78 is 24.7. The van der Waals surface area contributed by atoms with Crippen LogP contribution in [-0.4, -0.2) is 19.8 Å². The summed E-state index contributed by atoms with van der Waals surface area (Å²) >= 11 is 9.62. The van der Waals surface area contributed by atoms with Crippen LogP contribution in [0.5, 0.6) is 5.75 Å². The Balaban J connectivity index is 2.27. The van der Waals surface area contributed by atoms with E-state index in [4.69, 9.17) is 21.1 Å². The molecule has 0 bridgehead atoms. The normalized spacial score (nSPS) is 21.7. The molecule has 1 aliphatic rings. The smallest absolute Gasteiger partial charge is 0.141 e. The van der Waals surface area contributed by atoms with Gasteiger partial charge in [-0.2, -0.15) is 0 Å². The summed E-state index contributed by atoms with van der Waals surface area (Å²) in [4.78, 5) is 0. The molecule has 1 saturated heterocycles. The standard InChI is InChI=1S/C13H15BrClFO2/c1-17-12-7-10(16)9(14)6-8(12)13(15)11-4-2-3-5-18-11/h6-7,11,13H,2-5H2,1H3. The van der Waals surface area contributed by atoms with E-state index in [0.717, 1.165) is 31.4 Å². The Kier molecular flexibility index (Phi) is 4.87. The fourth-order valence-electron chi connectivity index (χ4n) is 2.13. The van der Waals surface area contributed by atoms with Crippen LogP contribution in [0.25, 0.3) is 0 Å². The minimum Gasteiger partial charge on any atom is -0.496 e. The van der Waals surface area contributed by atoms with E-state index in [9.17, 15) is 4.39 Å². The monoisotopic (exact) mass is 336 g/mol. The van der Waals surface area contributed by atoms with E-state index in [1.54, 1.807) is 6.07 Å². The summed E-state index contributed by atoms with van der Waals surface area (Å²) in [5.41, 5.74) is 0.763. The molecule has 18 heavy (non-hydrogen) atoms. The number of benzene rings is 1. The third-order valence-corrected chi connectivity index (χ3v) is 4.23. The molecule has 0 spiro atoms. The molecule has 2 rings (SSSR count). The molecule has 0 N–H and O–H groups in total. The molecule has 2 nitrogen and oxygen atoms in total. The predicted octanol–water partition coefficient (Wildman–Crippen LogP) is 4.45. The van der Waals surface area contributed by atoms with E-state index in [0.29, 0.717) is 10.2 Å². The average Bonchev–Trinajstić information content (AvgIpc) is 2.41. The van der Waals surface area contributed by atoms with Crippen molar-refractivity contribution in [3.05, 3.63) is 28.0 Å². The largest absolute Gasteiger partial charge is 0.496 e. The van der Waals surface area contributed by atoms with E-state index >= 15 is 0 Å². The first kappa shape index (κ1) is 14.1. The van der Waals surface area contributed by atoms with Crippen molar-refractivity contribution in [3.8, 4) is 5.75 Å². The Morgan fingerprint density at radius 1 is 1.50 bits per heavy atom. The number of alkyl halides is 1. The molecule has 0 aliphatic carbocycles. The van der Waals surface area contributed by atoms with E-state index < -0.39 is 0 Å². The van der Waals surface area contributed by atoms with Crippen LogP contribution in [-0.2, 0) is 4.74 Å².